The normalized spacial score (nSPS) is 9.88. The van der Waals surface area contributed by atoms with Crippen molar-refractivity contribution in [2.45, 2.75) is 6.92 Å². The molecule has 4 heteroatoms. The van der Waals surface area contributed by atoms with E-state index in [9.17, 15) is 9.90 Å². The number of aryl methyl sites for hydroxylation is 1. The van der Waals surface area contributed by atoms with Gasteiger partial charge in [-0.2, -0.15) is 5.26 Å². The Kier molecular flexibility index (Phi) is 2.67. The lowest BCUT2D eigenvalue weighted by atomic mass is 10.1. The molecule has 1 aromatic carbocycles. The second-order valence-electron chi connectivity index (χ2n) is 3.70. The number of rotatable bonds is 1. The van der Waals surface area contributed by atoms with Crippen LogP contribution >= 0.6 is 0 Å². The highest BCUT2D eigenvalue weighted by atomic mass is 16.3. The fourth-order valence-corrected chi connectivity index (χ4v) is 1.67. The van der Waals surface area contributed by atoms with Gasteiger partial charge in [0.05, 0.1) is 5.69 Å². The minimum absolute atomic E-state index is 0.0901. The molecule has 0 aliphatic carbocycles. The molecule has 4 nitrogen and oxygen atoms in total. The highest BCUT2D eigenvalue weighted by Gasteiger charge is 2.09. The van der Waals surface area contributed by atoms with Gasteiger partial charge in [-0.25, -0.2) is 0 Å². The summed E-state index contributed by atoms with van der Waals surface area (Å²) >= 11 is 0. The second kappa shape index (κ2) is 4.14. The van der Waals surface area contributed by atoms with Crippen molar-refractivity contribution in [3.05, 3.63) is 51.8 Å². The molecule has 2 N–H and O–H groups in total. The zero-order valence-electron chi connectivity index (χ0n) is 9.19. The number of phenolic OH excluding ortho intramolecular Hbond substituents is 1. The summed E-state index contributed by atoms with van der Waals surface area (Å²) < 4.78 is 0. The first-order valence-electron chi connectivity index (χ1n) is 5.06. The second-order valence-corrected chi connectivity index (χ2v) is 3.70. The SMILES string of the molecule is Cc1cc(-c2ccccc2O)[nH]c(=O)c1C#N. The van der Waals surface area contributed by atoms with Crippen molar-refractivity contribution in [2.75, 3.05) is 0 Å². The number of phenols is 1. The Morgan fingerprint density at radius 3 is 2.65 bits per heavy atom. The molecule has 0 unspecified atom stereocenters. The summed E-state index contributed by atoms with van der Waals surface area (Å²) in [7, 11) is 0. The highest BCUT2D eigenvalue weighted by Crippen LogP contribution is 2.26. The van der Waals surface area contributed by atoms with Crippen LogP contribution in [-0.4, -0.2) is 10.1 Å². The number of nitriles is 1. The number of aromatic amines is 1. The van der Waals surface area contributed by atoms with Crippen LogP contribution in [0.1, 0.15) is 11.1 Å². The van der Waals surface area contributed by atoms with Crippen molar-refractivity contribution in [3.63, 3.8) is 0 Å². The minimum atomic E-state index is -0.439. The number of hydrogen-bond donors (Lipinski definition) is 2. The number of nitrogens with one attached hydrogen (secondary N) is 1. The largest absolute Gasteiger partial charge is 0.507 e. The minimum Gasteiger partial charge on any atom is -0.507 e. The number of nitrogens with zero attached hydrogens (tertiary/aromatic N) is 1. The molecule has 0 spiro atoms. The number of aromatic nitrogens is 1. The summed E-state index contributed by atoms with van der Waals surface area (Å²) in [4.78, 5) is 14.2. The third kappa shape index (κ3) is 1.91. The standard InChI is InChI=1S/C13H10N2O2/c1-8-6-11(15-13(17)10(8)7-14)9-4-2-3-5-12(9)16/h2-6,16H,1H3,(H,15,17). The van der Waals surface area contributed by atoms with Crippen molar-refractivity contribution >= 4 is 0 Å². The van der Waals surface area contributed by atoms with E-state index in [2.05, 4.69) is 4.98 Å². The van der Waals surface area contributed by atoms with Crippen molar-refractivity contribution in [3.8, 4) is 23.1 Å². The Balaban J connectivity index is 2.68. The molecule has 2 aromatic rings. The summed E-state index contributed by atoms with van der Waals surface area (Å²) in [5.74, 6) is 0.0901. The lowest BCUT2D eigenvalue weighted by Crippen LogP contribution is -2.12. The van der Waals surface area contributed by atoms with Crippen LogP contribution in [0.15, 0.2) is 35.1 Å². The smallest absolute Gasteiger partial charge is 0.266 e. The van der Waals surface area contributed by atoms with E-state index in [-0.39, 0.29) is 11.3 Å². The molecule has 0 atom stereocenters. The molecule has 0 saturated heterocycles. The van der Waals surface area contributed by atoms with Gasteiger partial charge >= 0.3 is 0 Å². The Morgan fingerprint density at radius 2 is 2.06 bits per heavy atom. The van der Waals surface area contributed by atoms with Gasteiger partial charge in [0, 0.05) is 5.56 Å². The van der Waals surface area contributed by atoms with E-state index in [0.717, 1.165) is 0 Å². The predicted octanol–water partition coefficient (Wildman–Crippen LogP) is 1.93. The number of para-hydroxylation sites is 1. The molecule has 2 rings (SSSR count). The predicted molar refractivity (Wildman–Crippen MR) is 63.6 cm³/mol. The Morgan fingerprint density at radius 1 is 1.35 bits per heavy atom. The average Bonchev–Trinajstić information content (AvgIpc) is 2.29. The van der Waals surface area contributed by atoms with Crippen LogP contribution in [0.5, 0.6) is 5.75 Å². The van der Waals surface area contributed by atoms with Crippen molar-refractivity contribution in [1.29, 1.82) is 5.26 Å². The van der Waals surface area contributed by atoms with Crippen LogP contribution in [0.3, 0.4) is 0 Å². The van der Waals surface area contributed by atoms with Gasteiger partial charge in [-0.15, -0.1) is 0 Å². The van der Waals surface area contributed by atoms with Gasteiger partial charge in [-0.1, -0.05) is 12.1 Å². The molecule has 0 bridgehead atoms. The summed E-state index contributed by atoms with van der Waals surface area (Å²) in [6.45, 7) is 1.69. The van der Waals surface area contributed by atoms with Crippen LogP contribution in [0.25, 0.3) is 11.3 Å². The molecule has 0 amide bonds. The number of pyridine rings is 1. The molecule has 0 radical (unpaired) electrons. The monoisotopic (exact) mass is 226 g/mol. The Labute approximate surface area is 97.8 Å². The molecule has 1 aromatic heterocycles. The van der Waals surface area contributed by atoms with Gasteiger partial charge in [0.1, 0.15) is 17.4 Å². The molecule has 17 heavy (non-hydrogen) atoms. The molecule has 84 valence electrons. The fraction of sp³-hybridized carbons (Fsp3) is 0.0769. The van der Waals surface area contributed by atoms with Crippen molar-refractivity contribution < 1.29 is 5.11 Å². The molecule has 0 saturated carbocycles. The zero-order valence-corrected chi connectivity index (χ0v) is 9.19. The fourth-order valence-electron chi connectivity index (χ4n) is 1.67. The average molecular weight is 226 g/mol. The van der Waals surface area contributed by atoms with E-state index in [4.69, 9.17) is 5.26 Å². The van der Waals surface area contributed by atoms with E-state index < -0.39 is 5.56 Å². The first-order valence-corrected chi connectivity index (χ1v) is 5.06. The van der Waals surface area contributed by atoms with E-state index in [1.54, 1.807) is 37.3 Å². The van der Waals surface area contributed by atoms with E-state index in [1.807, 2.05) is 6.07 Å². The zero-order chi connectivity index (χ0) is 12.4. The maximum atomic E-state index is 11.6. The Bertz CT molecular complexity index is 666. The van der Waals surface area contributed by atoms with Gasteiger partial charge in [0.2, 0.25) is 0 Å². The number of H-pyrrole nitrogens is 1. The maximum absolute atomic E-state index is 11.6. The highest BCUT2D eigenvalue weighted by molar-refractivity contribution is 5.67. The van der Waals surface area contributed by atoms with Crippen LogP contribution in [0.2, 0.25) is 0 Å². The van der Waals surface area contributed by atoms with Crippen molar-refractivity contribution in [1.82, 2.24) is 4.98 Å². The van der Waals surface area contributed by atoms with Crippen LogP contribution in [-0.2, 0) is 0 Å². The Hall–Kier alpha value is -2.54. The lowest BCUT2D eigenvalue weighted by Gasteiger charge is -2.05. The lowest BCUT2D eigenvalue weighted by molar-refractivity contribution is 0.477. The topological polar surface area (TPSA) is 76.9 Å². The van der Waals surface area contributed by atoms with Crippen molar-refractivity contribution in [2.24, 2.45) is 0 Å². The molecule has 0 aliphatic heterocycles. The third-order valence-electron chi connectivity index (χ3n) is 2.54. The molecular weight excluding hydrogens is 216 g/mol. The van der Waals surface area contributed by atoms with Gasteiger partial charge in [0.15, 0.2) is 0 Å². The summed E-state index contributed by atoms with van der Waals surface area (Å²) in [6, 6.07) is 10.2. The van der Waals surface area contributed by atoms with Gasteiger partial charge in [-0.3, -0.25) is 4.79 Å². The van der Waals surface area contributed by atoms with E-state index >= 15 is 0 Å². The molecular formula is C13H10N2O2. The maximum Gasteiger partial charge on any atom is 0.266 e. The number of benzene rings is 1. The van der Waals surface area contributed by atoms with Gasteiger partial charge < -0.3 is 10.1 Å². The summed E-state index contributed by atoms with van der Waals surface area (Å²) in [5.41, 5.74) is 1.30. The van der Waals surface area contributed by atoms with Crippen LogP contribution in [0.4, 0.5) is 0 Å². The van der Waals surface area contributed by atoms with Crippen LogP contribution in [0, 0.1) is 18.3 Å². The summed E-state index contributed by atoms with van der Waals surface area (Å²) in [5, 5.41) is 18.5. The first kappa shape index (κ1) is 11.0. The molecule has 1 heterocycles. The van der Waals surface area contributed by atoms with Gasteiger partial charge in [0.25, 0.3) is 5.56 Å². The van der Waals surface area contributed by atoms with E-state index in [0.29, 0.717) is 16.8 Å². The van der Waals surface area contributed by atoms with Gasteiger partial charge in [-0.05, 0) is 30.7 Å². The first-order chi connectivity index (χ1) is 8.13. The third-order valence-corrected chi connectivity index (χ3v) is 2.54. The van der Waals surface area contributed by atoms with E-state index in [1.165, 1.54) is 0 Å². The van der Waals surface area contributed by atoms with Crippen LogP contribution < -0.4 is 5.56 Å². The summed E-state index contributed by atoms with van der Waals surface area (Å²) in [6.07, 6.45) is 0. The quantitative estimate of drug-likeness (QED) is 0.779. The molecule has 0 aliphatic rings. The number of aromatic hydroxyl groups is 1. The molecule has 0 fully saturated rings. The number of hydrogen-bond acceptors (Lipinski definition) is 3.